The molecule has 0 radical (unpaired) electrons. The Labute approximate surface area is 142 Å². The van der Waals surface area contributed by atoms with E-state index in [1.54, 1.807) is 0 Å². The van der Waals surface area contributed by atoms with Gasteiger partial charge in [-0.3, -0.25) is 0 Å². The third-order valence-corrected chi connectivity index (χ3v) is 4.48. The summed E-state index contributed by atoms with van der Waals surface area (Å²) in [6, 6.07) is 14.5. The first-order valence-electron chi connectivity index (χ1n) is 8.48. The predicted molar refractivity (Wildman–Crippen MR) is 99.6 cm³/mol. The van der Waals surface area contributed by atoms with E-state index in [2.05, 4.69) is 51.2 Å². The van der Waals surface area contributed by atoms with Crippen molar-refractivity contribution in [1.29, 1.82) is 0 Å². The number of hydrogen-bond acceptors (Lipinski definition) is 3. The third-order valence-electron chi connectivity index (χ3n) is 4.48. The highest BCUT2D eigenvalue weighted by atomic mass is 16.5. The first-order chi connectivity index (χ1) is 11.5. The maximum atomic E-state index is 6.27. The number of nitrogens with one attached hydrogen (secondary N) is 1. The molecular weight excluding hydrogens is 296 g/mol. The average Bonchev–Trinajstić information content (AvgIpc) is 2.58. The number of para-hydroxylation sites is 2. The topological polar surface area (TPSA) is 34.1 Å². The van der Waals surface area contributed by atoms with E-state index in [0.29, 0.717) is 0 Å². The lowest BCUT2D eigenvalue weighted by Gasteiger charge is -2.29. The number of pyridine rings is 1. The lowest BCUT2D eigenvalue weighted by Crippen LogP contribution is -2.18. The van der Waals surface area contributed by atoms with Crippen LogP contribution in [0.1, 0.15) is 39.0 Å². The third kappa shape index (κ3) is 2.32. The molecule has 2 heterocycles. The van der Waals surface area contributed by atoms with Crippen molar-refractivity contribution in [2.75, 3.05) is 5.32 Å². The normalized spacial score (nSPS) is 13.0. The first-order valence-corrected chi connectivity index (χ1v) is 8.48. The monoisotopic (exact) mass is 318 g/mol. The SMILES string of the molecule is CCc1ccc2c3c(c(C(C)(C)C)nc2c1)Oc1ccccc1N3. The quantitative estimate of drug-likeness (QED) is 0.471. The fraction of sp³-hybridized carbons (Fsp3) is 0.286. The largest absolute Gasteiger partial charge is 0.451 e. The molecule has 122 valence electrons. The number of anilines is 2. The van der Waals surface area contributed by atoms with E-state index < -0.39 is 0 Å². The zero-order chi connectivity index (χ0) is 16.9. The van der Waals surface area contributed by atoms with E-state index in [0.717, 1.165) is 45.9 Å². The fourth-order valence-corrected chi connectivity index (χ4v) is 3.15. The molecule has 1 N–H and O–H groups in total. The van der Waals surface area contributed by atoms with Gasteiger partial charge in [-0.15, -0.1) is 0 Å². The standard InChI is InChI=1S/C21H22N2O/c1-5-13-10-11-14-16(12-13)23-20(21(2,3)4)19-18(14)22-15-8-6-7-9-17(15)24-19/h6-12,22H,5H2,1-4H3. The Morgan fingerprint density at radius 1 is 1.08 bits per heavy atom. The van der Waals surface area contributed by atoms with Gasteiger partial charge in [0, 0.05) is 10.8 Å². The predicted octanol–water partition coefficient (Wildman–Crippen LogP) is 5.94. The zero-order valence-electron chi connectivity index (χ0n) is 14.6. The Kier molecular flexibility index (Phi) is 3.27. The van der Waals surface area contributed by atoms with Crippen LogP contribution >= 0.6 is 0 Å². The van der Waals surface area contributed by atoms with Crippen LogP contribution < -0.4 is 10.1 Å². The van der Waals surface area contributed by atoms with Gasteiger partial charge in [0.2, 0.25) is 0 Å². The van der Waals surface area contributed by atoms with E-state index >= 15 is 0 Å². The molecule has 1 aromatic heterocycles. The number of ether oxygens (including phenoxy) is 1. The Morgan fingerprint density at radius 2 is 1.88 bits per heavy atom. The zero-order valence-corrected chi connectivity index (χ0v) is 14.6. The second-order valence-corrected chi connectivity index (χ2v) is 7.34. The van der Waals surface area contributed by atoms with E-state index in [-0.39, 0.29) is 5.41 Å². The van der Waals surface area contributed by atoms with Gasteiger partial charge in [-0.2, -0.15) is 0 Å². The Hall–Kier alpha value is -2.55. The minimum atomic E-state index is -0.103. The van der Waals surface area contributed by atoms with Crippen LogP contribution in [0.15, 0.2) is 42.5 Å². The van der Waals surface area contributed by atoms with Gasteiger partial charge >= 0.3 is 0 Å². The summed E-state index contributed by atoms with van der Waals surface area (Å²) < 4.78 is 6.27. The second kappa shape index (κ2) is 5.23. The van der Waals surface area contributed by atoms with Crippen molar-refractivity contribution in [2.45, 2.75) is 39.5 Å². The molecule has 24 heavy (non-hydrogen) atoms. The van der Waals surface area contributed by atoms with Crippen molar-refractivity contribution in [1.82, 2.24) is 4.98 Å². The van der Waals surface area contributed by atoms with Crippen molar-refractivity contribution in [3.8, 4) is 11.5 Å². The molecule has 2 aromatic carbocycles. The highest BCUT2D eigenvalue weighted by Gasteiger charge is 2.29. The molecule has 3 heteroatoms. The molecular formula is C21H22N2O. The number of aromatic nitrogens is 1. The van der Waals surface area contributed by atoms with E-state index in [1.807, 2.05) is 24.3 Å². The van der Waals surface area contributed by atoms with Crippen LogP contribution in [0.4, 0.5) is 11.4 Å². The van der Waals surface area contributed by atoms with Crippen molar-refractivity contribution in [3.63, 3.8) is 0 Å². The average molecular weight is 318 g/mol. The van der Waals surface area contributed by atoms with Crippen LogP contribution in [0.3, 0.4) is 0 Å². The van der Waals surface area contributed by atoms with Gasteiger partial charge in [-0.1, -0.05) is 52.0 Å². The molecule has 0 bridgehead atoms. The van der Waals surface area contributed by atoms with E-state index in [9.17, 15) is 0 Å². The van der Waals surface area contributed by atoms with Gasteiger partial charge in [0.15, 0.2) is 11.5 Å². The van der Waals surface area contributed by atoms with Gasteiger partial charge < -0.3 is 10.1 Å². The van der Waals surface area contributed by atoms with E-state index in [1.165, 1.54) is 5.56 Å². The van der Waals surface area contributed by atoms with Gasteiger partial charge in [0.25, 0.3) is 0 Å². The van der Waals surface area contributed by atoms with Gasteiger partial charge in [-0.05, 0) is 30.2 Å². The molecule has 0 spiro atoms. The molecule has 1 aliphatic heterocycles. The highest BCUT2D eigenvalue weighted by molar-refractivity contribution is 5.99. The molecule has 1 aliphatic rings. The second-order valence-electron chi connectivity index (χ2n) is 7.34. The summed E-state index contributed by atoms with van der Waals surface area (Å²) in [6.45, 7) is 8.70. The molecule has 0 aliphatic carbocycles. The molecule has 0 atom stereocenters. The maximum absolute atomic E-state index is 6.27. The highest BCUT2D eigenvalue weighted by Crippen LogP contribution is 2.48. The molecule has 0 saturated heterocycles. The molecule has 0 unspecified atom stereocenters. The number of nitrogens with zero attached hydrogens (tertiary/aromatic N) is 1. The Bertz CT molecular complexity index is 938. The molecule has 4 rings (SSSR count). The summed E-state index contributed by atoms with van der Waals surface area (Å²) in [7, 11) is 0. The minimum Gasteiger partial charge on any atom is -0.451 e. The molecule has 0 saturated carbocycles. The van der Waals surface area contributed by atoms with Gasteiger partial charge in [0.1, 0.15) is 0 Å². The van der Waals surface area contributed by atoms with Crippen molar-refractivity contribution >= 4 is 22.3 Å². The molecule has 3 aromatic rings. The number of hydrogen-bond donors (Lipinski definition) is 1. The number of fused-ring (bicyclic) bond motifs is 4. The van der Waals surface area contributed by atoms with Crippen LogP contribution in [0.2, 0.25) is 0 Å². The van der Waals surface area contributed by atoms with Crippen LogP contribution in [-0.4, -0.2) is 4.98 Å². The fourth-order valence-electron chi connectivity index (χ4n) is 3.15. The van der Waals surface area contributed by atoms with Crippen LogP contribution in [0.25, 0.3) is 10.9 Å². The van der Waals surface area contributed by atoms with Crippen molar-refractivity contribution in [3.05, 3.63) is 53.7 Å². The number of rotatable bonds is 1. The summed E-state index contributed by atoms with van der Waals surface area (Å²) >= 11 is 0. The summed E-state index contributed by atoms with van der Waals surface area (Å²) in [4.78, 5) is 4.98. The van der Waals surface area contributed by atoms with Crippen LogP contribution in [0.5, 0.6) is 11.5 Å². The lowest BCUT2D eigenvalue weighted by molar-refractivity contribution is 0.447. The van der Waals surface area contributed by atoms with Crippen molar-refractivity contribution in [2.24, 2.45) is 0 Å². The summed E-state index contributed by atoms with van der Waals surface area (Å²) in [5.74, 6) is 1.69. The number of aryl methyl sites for hydroxylation is 1. The number of benzene rings is 2. The maximum Gasteiger partial charge on any atom is 0.173 e. The smallest absolute Gasteiger partial charge is 0.173 e. The summed E-state index contributed by atoms with van der Waals surface area (Å²) in [5, 5.41) is 4.67. The summed E-state index contributed by atoms with van der Waals surface area (Å²) in [5.41, 5.74) is 5.22. The van der Waals surface area contributed by atoms with Crippen LogP contribution in [0, 0.1) is 0 Å². The first kappa shape index (κ1) is 15.0. The molecule has 3 nitrogen and oxygen atoms in total. The van der Waals surface area contributed by atoms with Gasteiger partial charge in [-0.25, -0.2) is 4.98 Å². The van der Waals surface area contributed by atoms with E-state index in [4.69, 9.17) is 9.72 Å². The summed E-state index contributed by atoms with van der Waals surface area (Å²) in [6.07, 6.45) is 1.01. The Morgan fingerprint density at radius 3 is 2.62 bits per heavy atom. The Balaban J connectivity index is 2.02. The molecule has 0 fully saturated rings. The lowest BCUT2D eigenvalue weighted by atomic mass is 9.89. The minimum absolute atomic E-state index is 0.103. The van der Waals surface area contributed by atoms with Crippen LogP contribution in [-0.2, 0) is 11.8 Å². The van der Waals surface area contributed by atoms with Crippen molar-refractivity contribution < 1.29 is 4.74 Å². The molecule has 0 amide bonds. The van der Waals surface area contributed by atoms with Gasteiger partial charge in [0.05, 0.1) is 22.6 Å².